The summed E-state index contributed by atoms with van der Waals surface area (Å²) < 4.78 is 5.22. The Morgan fingerprint density at radius 1 is 0.897 bits per heavy atom. The molecule has 0 saturated carbocycles. The van der Waals surface area contributed by atoms with Crippen LogP contribution in [0.1, 0.15) is 11.1 Å². The highest BCUT2D eigenvalue weighted by Crippen LogP contribution is 2.40. The van der Waals surface area contributed by atoms with Gasteiger partial charge < -0.3 is 10.5 Å². The topological polar surface area (TPSA) is 60.5 Å². The molecule has 0 radical (unpaired) electrons. The molecule has 1 aromatic heterocycles. The molecule has 0 saturated heterocycles. The fourth-order valence-corrected chi connectivity index (χ4v) is 3.91. The number of nitrogens with zero attached hydrogens (tertiary/aromatic N) is 2. The summed E-state index contributed by atoms with van der Waals surface area (Å²) in [5.74, 6) is 1.23. The summed E-state index contributed by atoms with van der Waals surface area (Å²) in [6, 6.07) is 26.0. The maximum absolute atomic E-state index is 6.32. The Balaban J connectivity index is 1.78. The first-order valence-corrected chi connectivity index (χ1v) is 10.1. The van der Waals surface area contributed by atoms with Crippen molar-refractivity contribution in [3.05, 3.63) is 90.0 Å². The summed E-state index contributed by atoms with van der Waals surface area (Å²) in [5, 5.41) is 1.71. The molecule has 0 spiro atoms. The number of nitrogens with two attached hydrogens (primary N) is 1. The highest BCUT2D eigenvalue weighted by Gasteiger charge is 2.15. The molecule has 0 unspecified atom stereocenters. The van der Waals surface area contributed by atoms with Crippen LogP contribution in [-0.4, -0.2) is 17.9 Å². The molecule has 0 aliphatic heterocycles. The number of aromatic nitrogens is 1. The first-order valence-electron chi connectivity index (χ1n) is 9.26. The second-order valence-corrected chi connectivity index (χ2v) is 7.61. The molecule has 0 fully saturated rings. The maximum atomic E-state index is 6.32. The van der Waals surface area contributed by atoms with E-state index in [1.165, 1.54) is 5.56 Å². The van der Waals surface area contributed by atoms with Gasteiger partial charge in [0.15, 0.2) is 0 Å². The van der Waals surface area contributed by atoms with E-state index in [0.29, 0.717) is 5.84 Å². The van der Waals surface area contributed by atoms with Crippen molar-refractivity contribution in [2.75, 3.05) is 7.11 Å². The van der Waals surface area contributed by atoms with Crippen LogP contribution in [0.25, 0.3) is 21.8 Å². The third kappa shape index (κ3) is 4.20. The molecule has 4 rings (SSSR count). The van der Waals surface area contributed by atoms with Crippen molar-refractivity contribution in [1.29, 1.82) is 0 Å². The quantitative estimate of drug-likeness (QED) is 0.339. The molecule has 0 atom stereocenters. The second-order valence-electron chi connectivity index (χ2n) is 6.63. The standard InChI is InChI=1S/C24H21N3OS/c1-16-8-10-19(11-9-16)23-26-21(17-6-4-3-5-7-17)24(29-23)27-22(25)18-12-14-20(28-2)15-13-18/h3-15H,1-2H3,(H2,25,27). The number of amidine groups is 1. The molecule has 0 amide bonds. The molecular formula is C24H21N3OS. The average molecular weight is 400 g/mol. The van der Waals surface area contributed by atoms with Gasteiger partial charge in [-0.1, -0.05) is 71.5 Å². The Kier molecular flexibility index (Phi) is 5.40. The van der Waals surface area contributed by atoms with E-state index in [1.54, 1.807) is 18.4 Å². The zero-order valence-electron chi connectivity index (χ0n) is 16.3. The predicted octanol–water partition coefficient (Wildman–Crippen LogP) is 5.83. The Hall–Kier alpha value is -3.44. The fraction of sp³-hybridized carbons (Fsp3) is 0.0833. The van der Waals surface area contributed by atoms with E-state index < -0.39 is 0 Å². The largest absolute Gasteiger partial charge is 0.497 e. The fourth-order valence-electron chi connectivity index (χ4n) is 2.93. The van der Waals surface area contributed by atoms with Crippen LogP contribution >= 0.6 is 11.3 Å². The van der Waals surface area contributed by atoms with E-state index in [1.807, 2.05) is 54.6 Å². The number of hydrogen-bond donors (Lipinski definition) is 1. The van der Waals surface area contributed by atoms with Crippen molar-refractivity contribution in [3.63, 3.8) is 0 Å². The minimum absolute atomic E-state index is 0.448. The van der Waals surface area contributed by atoms with Crippen molar-refractivity contribution < 1.29 is 4.74 Å². The van der Waals surface area contributed by atoms with Gasteiger partial charge in [-0.2, -0.15) is 0 Å². The number of benzene rings is 3. The van der Waals surface area contributed by atoms with Gasteiger partial charge in [0, 0.05) is 16.7 Å². The molecule has 4 nitrogen and oxygen atoms in total. The van der Waals surface area contributed by atoms with Crippen LogP contribution < -0.4 is 10.5 Å². The van der Waals surface area contributed by atoms with E-state index in [4.69, 9.17) is 20.4 Å². The van der Waals surface area contributed by atoms with E-state index in [2.05, 4.69) is 31.2 Å². The van der Waals surface area contributed by atoms with Gasteiger partial charge >= 0.3 is 0 Å². The van der Waals surface area contributed by atoms with Gasteiger partial charge in [-0.3, -0.25) is 0 Å². The molecule has 4 aromatic rings. The molecule has 3 aromatic carbocycles. The summed E-state index contributed by atoms with van der Waals surface area (Å²) in [6.45, 7) is 2.08. The third-order valence-corrected chi connectivity index (χ3v) is 5.56. The molecule has 0 aliphatic carbocycles. The third-order valence-electron chi connectivity index (χ3n) is 4.56. The maximum Gasteiger partial charge on any atom is 0.146 e. The molecular weight excluding hydrogens is 378 g/mol. The summed E-state index contributed by atoms with van der Waals surface area (Å²) >= 11 is 1.54. The minimum atomic E-state index is 0.448. The Morgan fingerprint density at radius 3 is 2.24 bits per heavy atom. The van der Waals surface area contributed by atoms with Gasteiger partial charge in [-0.15, -0.1) is 0 Å². The summed E-state index contributed by atoms with van der Waals surface area (Å²) in [7, 11) is 1.64. The SMILES string of the molecule is COc1ccc(/C(N)=N/c2sc(-c3ccc(C)cc3)nc2-c2ccccc2)cc1. The Bertz CT molecular complexity index is 1130. The smallest absolute Gasteiger partial charge is 0.146 e. The molecule has 0 aliphatic rings. The first kappa shape index (κ1) is 18.9. The van der Waals surface area contributed by atoms with Gasteiger partial charge in [0.2, 0.25) is 0 Å². The van der Waals surface area contributed by atoms with Crippen LogP contribution in [0.3, 0.4) is 0 Å². The number of rotatable bonds is 5. The van der Waals surface area contributed by atoms with Gasteiger partial charge in [0.05, 0.1) is 7.11 Å². The van der Waals surface area contributed by atoms with E-state index in [0.717, 1.165) is 38.1 Å². The first-order chi connectivity index (χ1) is 14.1. The number of methoxy groups -OCH3 is 1. The van der Waals surface area contributed by atoms with Crippen molar-refractivity contribution >= 4 is 22.2 Å². The zero-order chi connectivity index (χ0) is 20.2. The highest BCUT2D eigenvalue weighted by atomic mass is 32.1. The van der Waals surface area contributed by atoms with Crippen LogP contribution in [0.5, 0.6) is 5.75 Å². The predicted molar refractivity (Wildman–Crippen MR) is 121 cm³/mol. The molecule has 29 heavy (non-hydrogen) atoms. The lowest BCUT2D eigenvalue weighted by Gasteiger charge is -2.03. The number of aliphatic imine (C=N–C) groups is 1. The molecule has 0 bridgehead atoms. The highest BCUT2D eigenvalue weighted by molar-refractivity contribution is 7.19. The van der Waals surface area contributed by atoms with Crippen LogP contribution in [0.15, 0.2) is 83.9 Å². The lowest BCUT2D eigenvalue weighted by atomic mass is 10.1. The number of ether oxygens (including phenoxy) is 1. The number of thiazole rings is 1. The van der Waals surface area contributed by atoms with Crippen molar-refractivity contribution in [2.45, 2.75) is 6.92 Å². The van der Waals surface area contributed by atoms with Gasteiger partial charge in [0.1, 0.15) is 27.3 Å². The van der Waals surface area contributed by atoms with E-state index >= 15 is 0 Å². The molecule has 1 heterocycles. The van der Waals surface area contributed by atoms with Crippen molar-refractivity contribution in [2.24, 2.45) is 10.7 Å². The van der Waals surface area contributed by atoms with E-state index in [9.17, 15) is 0 Å². The van der Waals surface area contributed by atoms with Crippen LogP contribution in [0, 0.1) is 6.92 Å². The van der Waals surface area contributed by atoms with Crippen LogP contribution in [0.2, 0.25) is 0 Å². The molecule has 5 heteroatoms. The van der Waals surface area contributed by atoms with Gasteiger partial charge in [-0.05, 0) is 31.2 Å². The second kappa shape index (κ2) is 8.29. The normalized spacial score (nSPS) is 11.4. The van der Waals surface area contributed by atoms with Gasteiger partial charge in [0.25, 0.3) is 0 Å². The summed E-state index contributed by atoms with van der Waals surface area (Å²) in [5.41, 5.74) is 11.3. The lowest BCUT2D eigenvalue weighted by Crippen LogP contribution is -2.12. The molecule has 144 valence electrons. The van der Waals surface area contributed by atoms with Crippen molar-refractivity contribution in [1.82, 2.24) is 4.98 Å². The summed E-state index contributed by atoms with van der Waals surface area (Å²) in [4.78, 5) is 9.62. The van der Waals surface area contributed by atoms with Crippen LogP contribution in [0.4, 0.5) is 5.00 Å². The molecule has 2 N–H and O–H groups in total. The zero-order valence-corrected chi connectivity index (χ0v) is 17.1. The Labute approximate surface area is 174 Å². The van der Waals surface area contributed by atoms with Crippen LogP contribution in [-0.2, 0) is 0 Å². The minimum Gasteiger partial charge on any atom is -0.497 e. The van der Waals surface area contributed by atoms with Gasteiger partial charge in [-0.25, -0.2) is 9.98 Å². The van der Waals surface area contributed by atoms with Crippen molar-refractivity contribution in [3.8, 4) is 27.6 Å². The summed E-state index contributed by atoms with van der Waals surface area (Å²) in [6.07, 6.45) is 0. The lowest BCUT2D eigenvalue weighted by molar-refractivity contribution is 0.415. The average Bonchev–Trinajstić information content (AvgIpc) is 3.18. The van der Waals surface area contributed by atoms with E-state index in [-0.39, 0.29) is 0 Å². The number of aryl methyl sites for hydroxylation is 1. The number of hydrogen-bond acceptors (Lipinski definition) is 4. The monoisotopic (exact) mass is 399 g/mol. The Morgan fingerprint density at radius 2 is 1.59 bits per heavy atom.